The number of sulfonamides is 1. The quantitative estimate of drug-likeness (QED) is 0.393. The van der Waals surface area contributed by atoms with E-state index < -0.39 is 22.6 Å². The maximum absolute atomic E-state index is 12.1. The van der Waals surface area contributed by atoms with E-state index in [1.54, 1.807) is 0 Å². The fraction of sp³-hybridized carbons (Fsp3) is 0.550. The largest absolute Gasteiger partial charge is 0.452 e. The molecule has 1 aromatic rings. The third-order valence-corrected chi connectivity index (χ3v) is 5.57. The molecule has 0 bridgehead atoms. The van der Waals surface area contributed by atoms with Gasteiger partial charge in [-0.05, 0) is 43.5 Å². The van der Waals surface area contributed by atoms with Crippen LogP contribution in [0.2, 0.25) is 0 Å². The zero-order valence-corrected chi connectivity index (χ0v) is 17.9. The van der Waals surface area contributed by atoms with Gasteiger partial charge in [-0.2, -0.15) is 5.26 Å². The van der Waals surface area contributed by atoms with Gasteiger partial charge in [0.15, 0.2) is 6.61 Å². The smallest absolute Gasteiger partial charge is 0.338 e. The predicted octanol–water partition coefficient (Wildman–Crippen LogP) is 2.37. The van der Waals surface area contributed by atoms with E-state index in [2.05, 4.69) is 23.9 Å². The number of hydrogen-bond acceptors (Lipinski definition) is 6. The molecule has 9 heteroatoms. The van der Waals surface area contributed by atoms with Crippen molar-refractivity contribution in [3.63, 3.8) is 0 Å². The van der Waals surface area contributed by atoms with Gasteiger partial charge in [-0.1, -0.05) is 26.7 Å². The van der Waals surface area contributed by atoms with Crippen LogP contribution in [0.3, 0.4) is 0 Å². The summed E-state index contributed by atoms with van der Waals surface area (Å²) in [6, 6.07) is 7.00. The number of benzene rings is 1. The van der Waals surface area contributed by atoms with Crippen LogP contribution in [0, 0.1) is 17.2 Å². The fourth-order valence-electron chi connectivity index (χ4n) is 2.53. The van der Waals surface area contributed by atoms with E-state index in [9.17, 15) is 18.0 Å². The highest BCUT2D eigenvalue weighted by molar-refractivity contribution is 7.89. The summed E-state index contributed by atoms with van der Waals surface area (Å²) in [7, 11) is -3.74. The first kappa shape index (κ1) is 24.6. The third kappa shape index (κ3) is 9.54. The minimum Gasteiger partial charge on any atom is -0.452 e. The molecule has 0 heterocycles. The monoisotopic (exact) mass is 423 g/mol. The van der Waals surface area contributed by atoms with Gasteiger partial charge < -0.3 is 10.1 Å². The Morgan fingerprint density at radius 2 is 1.79 bits per heavy atom. The molecule has 0 aliphatic carbocycles. The molecule has 0 aliphatic heterocycles. The second-order valence-electron chi connectivity index (χ2n) is 7.20. The molecule has 8 nitrogen and oxygen atoms in total. The van der Waals surface area contributed by atoms with Crippen molar-refractivity contribution < 1.29 is 22.7 Å². The Morgan fingerprint density at radius 1 is 1.14 bits per heavy atom. The average molecular weight is 424 g/mol. The first-order chi connectivity index (χ1) is 13.7. The highest BCUT2D eigenvalue weighted by Crippen LogP contribution is 2.12. The lowest BCUT2D eigenvalue weighted by Gasteiger charge is -2.14. The van der Waals surface area contributed by atoms with Gasteiger partial charge in [-0.15, -0.1) is 0 Å². The van der Waals surface area contributed by atoms with Gasteiger partial charge in [0.2, 0.25) is 10.0 Å². The van der Waals surface area contributed by atoms with Crippen molar-refractivity contribution in [3.8, 4) is 6.07 Å². The van der Waals surface area contributed by atoms with E-state index in [0.717, 1.165) is 19.3 Å². The van der Waals surface area contributed by atoms with Crippen LogP contribution in [0.15, 0.2) is 29.2 Å². The molecule has 2 N–H and O–H groups in total. The molecular weight excluding hydrogens is 394 g/mol. The van der Waals surface area contributed by atoms with Gasteiger partial charge in [0.25, 0.3) is 5.91 Å². The van der Waals surface area contributed by atoms with Crippen molar-refractivity contribution in [1.29, 1.82) is 5.26 Å². The fourth-order valence-corrected chi connectivity index (χ4v) is 3.56. The summed E-state index contributed by atoms with van der Waals surface area (Å²) in [4.78, 5) is 23.9. The van der Waals surface area contributed by atoms with Gasteiger partial charge in [0.1, 0.15) is 0 Å². The molecule has 1 unspecified atom stereocenters. The summed E-state index contributed by atoms with van der Waals surface area (Å²) in [5, 5.41) is 11.2. The van der Waals surface area contributed by atoms with Crippen molar-refractivity contribution in [1.82, 2.24) is 10.0 Å². The molecule has 0 radical (unpaired) electrons. The molecule has 160 valence electrons. The van der Waals surface area contributed by atoms with Crippen LogP contribution in [0.1, 0.15) is 56.8 Å². The highest BCUT2D eigenvalue weighted by Gasteiger charge is 2.16. The highest BCUT2D eigenvalue weighted by atomic mass is 32.2. The Morgan fingerprint density at radius 3 is 2.38 bits per heavy atom. The SMILES string of the molecule is CC(C)CCCC(C)NC(=O)COC(=O)c1ccc(S(=O)(=O)NCCC#N)cc1. The molecule has 1 aromatic carbocycles. The maximum Gasteiger partial charge on any atom is 0.338 e. The molecule has 0 aliphatic rings. The maximum atomic E-state index is 12.1. The van der Waals surface area contributed by atoms with Gasteiger partial charge in [0, 0.05) is 19.0 Å². The number of nitriles is 1. The third-order valence-electron chi connectivity index (χ3n) is 4.09. The number of carbonyl (C=O) groups is 2. The number of ether oxygens (including phenoxy) is 1. The van der Waals surface area contributed by atoms with Crippen LogP contribution < -0.4 is 10.0 Å². The van der Waals surface area contributed by atoms with E-state index in [4.69, 9.17) is 10.00 Å². The van der Waals surface area contributed by atoms with Gasteiger partial charge >= 0.3 is 5.97 Å². The Labute approximate surface area is 172 Å². The zero-order chi connectivity index (χ0) is 21.9. The Balaban J connectivity index is 2.48. The summed E-state index contributed by atoms with van der Waals surface area (Å²) in [6.45, 7) is 5.81. The minimum absolute atomic E-state index is 0.00187. The predicted molar refractivity (Wildman–Crippen MR) is 108 cm³/mol. The van der Waals surface area contributed by atoms with E-state index in [0.29, 0.717) is 5.92 Å². The van der Waals surface area contributed by atoms with E-state index in [1.165, 1.54) is 24.3 Å². The van der Waals surface area contributed by atoms with E-state index in [-0.39, 0.29) is 35.4 Å². The van der Waals surface area contributed by atoms with Crippen molar-refractivity contribution in [2.45, 2.75) is 57.4 Å². The second kappa shape index (κ2) is 12.2. The summed E-state index contributed by atoms with van der Waals surface area (Å²) in [5.74, 6) is -0.473. The number of carbonyl (C=O) groups excluding carboxylic acids is 2. The van der Waals surface area contributed by atoms with Gasteiger partial charge in [-0.3, -0.25) is 4.79 Å². The lowest BCUT2D eigenvalue weighted by atomic mass is 10.0. The van der Waals surface area contributed by atoms with Crippen molar-refractivity contribution >= 4 is 21.9 Å². The summed E-state index contributed by atoms with van der Waals surface area (Å²) >= 11 is 0. The first-order valence-corrected chi connectivity index (χ1v) is 11.1. The Hall–Kier alpha value is -2.44. The number of nitrogens with one attached hydrogen (secondary N) is 2. The number of nitrogens with zero attached hydrogens (tertiary/aromatic N) is 1. The van der Waals surface area contributed by atoms with Crippen LogP contribution in [-0.4, -0.2) is 39.5 Å². The zero-order valence-electron chi connectivity index (χ0n) is 17.1. The molecule has 0 saturated carbocycles. The van der Waals surface area contributed by atoms with Crippen molar-refractivity contribution in [3.05, 3.63) is 29.8 Å². The molecule has 1 atom stereocenters. The summed E-state index contributed by atoms with van der Waals surface area (Å²) < 4.78 is 31.3. The molecule has 0 fully saturated rings. The van der Waals surface area contributed by atoms with Gasteiger partial charge in [0.05, 0.1) is 16.5 Å². The molecule has 1 rings (SSSR count). The molecule has 29 heavy (non-hydrogen) atoms. The topological polar surface area (TPSA) is 125 Å². The Bertz CT molecular complexity index is 814. The van der Waals surface area contributed by atoms with Gasteiger partial charge in [-0.25, -0.2) is 17.9 Å². The molecule has 0 spiro atoms. The number of esters is 1. The van der Waals surface area contributed by atoms with Crippen LogP contribution in [0.5, 0.6) is 0 Å². The van der Waals surface area contributed by atoms with Crippen LogP contribution >= 0.6 is 0 Å². The normalized spacial score (nSPS) is 12.2. The van der Waals surface area contributed by atoms with Crippen molar-refractivity contribution in [2.75, 3.05) is 13.2 Å². The molecular formula is C20H29N3O5S. The number of rotatable bonds is 12. The Kier molecular flexibility index (Phi) is 10.3. The molecule has 1 amide bonds. The van der Waals surface area contributed by atoms with Crippen molar-refractivity contribution in [2.24, 2.45) is 5.92 Å². The summed E-state index contributed by atoms with van der Waals surface area (Å²) in [6.07, 6.45) is 3.02. The lowest BCUT2D eigenvalue weighted by molar-refractivity contribution is -0.124. The van der Waals surface area contributed by atoms with E-state index >= 15 is 0 Å². The molecule has 0 saturated heterocycles. The molecule has 0 aromatic heterocycles. The van der Waals surface area contributed by atoms with Crippen LogP contribution in [0.25, 0.3) is 0 Å². The second-order valence-corrected chi connectivity index (χ2v) is 8.97. The first-order valence-electron chi connectivity index (χ1n) is 9.59. The van der Waals surface area contributed by atoms with Crippen LogP contribution in [0.4, 0.5) is 0 Å². The number of amides is 1. The minimum atomic E-state index is -3.74. The van der Waals surface area contributed by atoms with E-state index in [1.807, 2.05) is 13.0 Å². The number of hydrogen-bond donors (Lipinski definition) is 2. The lowest BCUT2D eigenvalue weighted by Crippen LogP contribution is -2.35. The van der Waals surface area contributed by atoms with Crippen LogP contribution in [-0.2, 0) is 19.6 Å². The average Bonchev–Trinajstić information content (AvgIpc) is 2.66. The standard InChI is InChI=1S/C20H29N3O5S/c1-15(2)6-4-7-16(3)23-19(24)14-28-20(25)17-8-10-18(11-9-17)29(26,27)22-13-5-12-21/h8-11,15-16,22H,4-7,13-14H2,1-3H3,(H,23,24). The summed E-state index contributed by atoms with van der Waals surface area (Å²) in [5.41, 5.74) is 0.138.